The van der Waals surface area contributed by atoms with Gasteiger partial charge in [-0.25, -0.2) is 14.8 Å². The van der Waals surface area contributed by atoms with Crippen molar-refractivity contribution in [3.8, 4) is 11.9 Å². The van der Waals surface area contributed by atoms with Crippen molar-refractivity contribution in [1.82, 2.24) is 19.4 Å². The second kappa shape index (κ2) is 12.2. The van der Waals surface area contributed by atoms with Crippen LogP contribution in [0.25, 0.3) is 27.6 Å². The number of nitrogens with zero attached hydrogens (tertiary/aromatic N) is 5. The Morgan fingerprint density at radius 3 is 2.82 bits per heavy atom. The number of methoxy groups -OCH3 is 1. The molecular weight excluding hydrogens is 570 g/mol. The van der Waals surface area contributed by atoms with Gasteiger partial charge in [0.2, 0.25) is 5.88 Å². The monoisotopic (exact) mass is 603 g/mol. The largest absolute Gasteiger partial charge is 0.473 e. The van der Waals surface area contributed by atoms with Crippen LogP contribution in [0, 0.1) is 18.3 Å². The summed E-state index contributed by atoms with van der Waals surface area (Å²) in [6, 6.07) is 17.3. The van der Waals surface area contributed by atoms with Gasteiger partial charge in [-0.15, -0.1) is 0 Å². The maximum atomic E-state index is 12.2. The van der Waals surface area contributed by atoms with Gasteiger partial charge in [0.1, 0.15) is 18.0 Å². The number of carbonyl (C=O) groups excluding carboxylic acids is 1. The molecule has 0 saturated carbocycles. The van der Waals surface area contributed by atoms with Crippen LogP contribution in [-0.2, 0) is 29.2 Å². The van der Waals surface area contributed by atoms with Crippen molar-refractivity contribution in [3.05, 3.63) is 94.6 Å². The van der Waals surface area contributed by atoms with E-state index >= 15 is 0 Å². The van der Waals surface area contributed by atoms with E-state index in [1.165, 1.54) is 12.7 Å². The Kier molecular flexibility index (Phi) is 7.79. The van der Waals surface area contributed by atoms with Crippen LogP contribution >= 0.6 is 0 Å². The van der Waals surface area contributed by atoms with Crippen LogP contribution in [0.2, 0.25) is 0 Å². The molecule has 0 unspecified atom stereocenters. The molecule has 1 atom stereocenters. The molecule has 0 N–H and O–H groups in total. The highest BCUT2D eigenvalue weighted by atomic mass is 16.5. The molecule has 1 saturated heterocycles. The van der Waals surface area contributed by atoms with Gasteiger partial charge in [0.15, 0.2) is 0 Å². The SMILES string of the molecule is COC(=O)c1ccc2nc(CN3CC=C(c4cccc(OCc5ccc(C#N)c6c(C)coc56)n4)CC3)n(C[C@@H]3CCO3)c2c1. The predicted octanol–water partition coefficient (Wildman–Crippen LogP) is 5.80. The lowest BCUT2D eigenvalue weighted by atomic mass is 10.0. The maximum Gasteiger partial charge on any atom is 0.337 e. The molecule has 10 heteroatoms. The Hall–Kier alpha value is -4.98. The Labute approximate surface area is 260 Å². The zero-order valence-electron chi connectivity index (χ0n) is 25.3. The summed E-state index contributed by atoms with van der Waals surface area (Å²) >= 11 is 0. The van der Waals surface area contributed by atoms with Gasteiger partial charge < -0.3 is 23.2 Å². The number of furan rings is 1. The molecule has 5 aromatic rings. The van der Waals surface area contributed by atoms with Gasteiger partial charge in [-0.2, -0.15) is 5.26 Å². The van der Waals surface area contributed by atoms with Crippen molar-refractivity contribution in [3.63, 3.8) is 0 Å². The number of aromatic nitrogens is 3. The van der Waals surface area contributed by atoms with Crippen LogP contribution in [-0.4, -0.2) is 58.3 Å². The number of imidazole rings is 1. The molecule has 0 spiro atoms. The predicted molar refractivity (Wildman–Crippen MR) is 168 cm³/mol. The molecule has 5 heterocycles. The fraction of sp³-hybridized carbons (Fsp3) is 0.314. The number of rotatable bonds is 9. The summed E-state index contributed by atoms with van der Waals surface area (Å²) in [5.41, 5.74) is 7.43. The van der Waals surface area contributed by atoms with Crippen LogP contribution in [0.5, 0.6) is 5.88 Å². The first kappa shape index (κ1) is 28.8. The van der Waals surface area contributed by atoms with Gasteiger partial charge in [0.05, 0.1) is 66.5 Å². The molecule has 228 valence electrons. The first-order valence-electron chi connectivity index (χ1n) is 15.1. The van der Waals surface area contributed by atoms with Gasteiger partial charge >= 0.3 is 5.97 Å². The van der Waals surface area contributed by atoms with E-state index in [1.807, 2.05) is 49.4 Å². The fourth-order valence-corrected chi connectivity index (χ4v) is 6.05. The topological polar surface area (TPSA) is 116 Å². The Morgan fingerprint density at radius 1 is 1.18 bits per heavy atom. The van der Waals surface area contributed by atoms with Crippen LogP contribution in [0.3, 0.4) is 0 Å². The molecule has 10 nitrogen and oxygen atoms in total. The summed E-state index contributed by atoms with van der Waals surface area (Å²) in [5, 5.41) is 10.3. The number of aryl methyl sites for hydroxylation is 1. The van der Waals surface area contributed by atoms with Crippen LogP contribution in [0.15, 0.2) is 65.3 Å². The van der Waals surface area contributed by atoms with E-state index in [9.17, 15) is 10.1 Å². The quantitative estimate of drug-likeness (QED) is 0.193. The standard InChI is InChI=1S/C35H33N5O5/c1-22-20-45-34-26(7-6-25(17-36)33(22)34)21-44-32-5-3-4-28(38-32)23-10-13-39(14-11-23)19-31-37-29-9-8-24(35(41)42-2)16-30(29)40(31)18-27-12-15-43-27/h3-10,16,20,27H,11-15,18-19,21H2,1-2H3/t27-/m0/s1. The number of hydrogen-bond donors (Lipinski definition) is 0. The van der Waals surface area contributed by atoms with E-state index in [1.54, 1.807) is 12.3 Å². The Bertz CT molecular complexity index is 1980. The Morgan fingerprint density at radius 2 is 2.07 bits per heavy atom. The summed E-state index contributed by atoms with van der Waals surface area (Å²) in [6.07, 6.45) is 5.91. The third-order valence-corrected chi connectivity index (χ3v) is 8.62. The van der Waals surface area contributed by atoms with E-state index in [-0.39, 0.29) is 18.7 Å². The van der Waals surface area contributed by atoms with E-state index in [0.29, 0.717) is 35.7 Å². The van der Waals surface area contributed by atoms with Crippen molar-refractivity contribution in [2.45, 2.75) is 45.6 Å². The number of pyridine rings is 1. The second-order valence-corrected chi connectivity index (χ2v) is 11.5. The van der Waals surface area contributed by atoms with Crippen LogP contribution < -0.4 is 4.74 Å². The van der Waals surface area contributed by atoms with Gasteiger partial charge in [-0.05, 0) is 61.2 Å². The first-order valence-corrected chi connectivity index (χ1v) is 15.1. The number of hydrogen-bond acceptors (Lipinski definition) is 9. The van der Waals surface area contributed by atoms with Gasteiger partial charge in [-0.3, -0.25) is 4.90 Å². The van der Waals surface area contributed by atoms with Crippen LogP contribution in [0.4, 0.5) is 0 Å². The summed E-state index contributed by atoms with van der Waals surface area (Å²) in [7, 11) is 1.39. The van der Waals surface area contributed by atoms with E-state index in [4.69, 9.17) is 28.6 Å². The van der Waals surface area contributed by atoms with E-state index in [2.05, 4.69) is 21.6 Å². The molecule has 3 aromatic heterocycles. The molecule has 2 aliphatic heterocycles. The Balaban J connectivity index is 1.05. The van der Waals surface area contributed by atoms with Gasteiger partial charge in [0, 0.05) is 36.7 Å². The summed E-state index contributed by atoms with van der Waals surface area (Å²) in [5.74, 6) is 1.13. The minimum Gasteiger partial charge on any atom is -0.473 e. The molecule has 7 rings (SSSR count). The highest BCUT2D eigenvalue weighted by Gasteiger charge is 2.24. The highest BCUT2D eigenvalue weighted by Crippen LogP contribution is 2.30. The van der Waals surface area contributed by atoms with E-state index in [0.717, 1.165) is 71.6 Å². The molecule has 0 aliphatic carbocycles. The lowest BCUT2D eigenvalue weighted by Crippen LogP contribution is -2.33. The molecular formula is C35H33N5O5. The zero-order valence-corrected chi connectivity index (χ0v) is 25.3. The van der Waals surface area contributed by atoms with Gasteiger partial charge in [0.25, 0.3) is 0 Å². The number of nitriles is 1. The normalized spacial score (nSPS) is 16.7. The lowest BCUT2D eigenvalue weighted by Gasteiger charge is -2.29. The summed E-state index contributed by atoms with van der Waals surface area (Å²) in [6.45, 7) is 6.01. The molecule has 2 aromatic carbocycles. The molecule has 0 amide bonds. The second-order valence-electron chi connectivity index (χ2n) is 11.5. The van der Waals surface area contributed by atoms with Crippen LogP contribution in [0.1, 0.15) is 51.4 Å². The zero-order chi connectivity index (χ0) is 30.9. The average molecular weight is 604 g/mol. The van der Waals surface area contributed by atoms with Crippen molar-refractivity contribution < 1.29 is 23.4 Å². The van der Waals surface area contributed by atoms with Crippen molar-refractivity contribution >= 4 is 33.5 Å². The molecule has 2 aliphatic rings. The number of ether oxygens (including phenoxy) is 3. The summed E-state index contributed by atoms with van der Waals surface area (Å²) < 4.78 is 24.7. The fourth-order valence-electron chi connectivity index (χ4n) is 6.05. The molecule has 45 heavy (non-hydrogen) atoms. The first-order chi connectivity index (χ1) is 22.0. The van der Waals surface area contributed by atoms with Crippen molar-refractivity contribution in [1.29, 1.82) is 5.26 Å². The molecule has 0 radical (unpaired) electrons. The average Bonchev–Trinajstić information content (AvgIpc) is 3.61. The maximum absolute atomic E-state index is 12.2. The third-order valence-electron chi connectivity index (χ3n) is 8.62. The minimum absolute atomic E-state index is 0.155. The minimum atomic E-state index is -0.359. The smallest absolute Gasteiger partial charge is 0.337 e. The van der Waals surface area contributed by atoms with Gasteiger partial charge in [-0.1, -0.05) is 18.2 Å². The molecule has 1 fully saturated rings. The van der Waals surface area contributed by atoms with E-state index < -0.39 is 0 Å². The summed E-state index contributed by atoms with van der Waals surface area (Å²) in [4.78, 5) is 24.3. The number of esters is 1. The lowest BCUT2D eigenvalue weighted by molar-refractivity contribution is -0.0591. The number of fused-ring (bicyclic) bond motifs is 2. The van der Waals surface area contributed by atoms with Crippen molar-refractivity contribution in [2.75, 3.05) is 26.8 Å². The number of carbonyl (C=O) groups is 1. The number of benzene rings is 2. The third kappa shape index (κ3) is 5.68. The molecule has 0 bridgehead atoms. The van der Waals surface area contributed by atoms with Crippen molar-refractivity contribution in [2.24, 2.45) is 0 Å². The highest BCUT2D eigenvalue weighted by molar-refractivity contribution is 5.93.